The van der Waals surface area contributed by atoms with Gasteiger partial charge in [-0.15, -0.1) is 0 Å². The molecule has 1 aromatic heterocycles. The van der Waals surface area contributed by atoms with E-state index in [0.29, 0.717) is 0 Å². The number of hydrogen-bond donors (Lipinski definition) is 4. The maximum atomic E-state index is 11.7. The topological polar surface area (TPSA) is 140 Å². The van der Waals surface area contributed by atoms with E-state index in [4.69, 9.17) is 20.3 Å². The maximum Gasteiger partial charge on any atom is 0.351 e. The fourth-order valence-corrected chi connectivity index (χ4v) is 1.91. The molecule has 106 valence electrons. The Morgan fingerprint density at radius 3 is 2.74 bits per heavy atom. The highest BCUT2D eigenvalue weighted by Crippen LogP contribution is 2.29. The molecule has 0 unspecified atom stereocenters. The minimum Gasteiger partial charge on any atom is -0.491 e. The first kappa shape index (κ1) is 13.7. The molecule has 19 heavy (non-hydrogen) atoms. The Kier molecular flexibility index (Phi) is 3.71. The van der Waals surface area contributed by atoms with Gasteiger partial charge in [-0.2, -0.15) is 4.98 Å². The molecule has 0 saturated carbocycles. The van der Waals surface area contributed by atoms with Crippen molar-refractivity contribution in [2.75, 3.05) is 19.5 Å². The van der Waals surface area contributed by atoms with Crippen LogP contribution in [0.4, 0.5) is 5.82 Å². The molecule has 1 aromatic rings. The van der Waals surface area contributed by atoms with Crippen LogP contribution in [0, 0.1) is 0 Å². The molecule has 1 fully saturated rings. The lowest BCUT2D eigenvalue weighted by atomic mass is 10.1. The van der Waals surface area contributed by atoms with Crippen LogP contribution in [0.1, 0.15) is 6.23 Å². The second-order valence-corrected chi connectivity index (χ2v) is 4.11. The number of ether oxygens (including phenoxy) is 2. The number of rotatable bonds is 3. The van der Waals surface area contributed by atoms with E-state index in [1.807, 2.05) is 0 Å². The number of hydrogen-bond acceptors (Lipinski definition) is 8. The summed E-state index contributed by atoms with van der Waals surface area (Å²) in [6.07, 6.45) is -3.59. The molecule has 0 radical (unpaired) electrons. The summed E-state index contributed by atoms with van der Waals surface area (Å²) >= 11 is 0. The van der Waals surface area contributed by atoms with E-state index < -0.39 is 36.8 Å². The molecule has 2 heterocycles. The van der Waals surface area contributed by atoms with Crippen LogP contribution in [0.3, 0.4) is 0 Å². The van der Waals surface area contributed by atoms with Crippen molar-refractivity contribution in [1.82, 2.24) is 9.55 Å². The second-order valence-electron chi connectivity index (χ2n) is 4.11. The lowest BCUT2D eigenvalue weighted by Gasteiger charge is -2.18. The number of aromatic nitrogens is 2. The van der Waals surface area contributed by atoms with Gasteiger partial charge in [0.05, 0.1) is 19.9 Å². The van der Waals surface area contributed by atoms with E-state index in [-0.39, 0.29) is 11.6 Å². The summed E-state index contributed by atoms with van der Waals surface area (Å²) in [5.74, 6) is 0.0489. The Bertz CT molecular complexity index is 518. The van der Waals surface area contributed by atoms with Gasteiger partial charge in [-0.05, 0) is 0 Å². The van der Waals surface area contributed by atoms with Gasteiger partial charge in [-0.25, -0.2) is 4.79 Å². The van der Waals surface area contributed by atoms with Gasteiger partial charge in [0.25, 0.3) is 0 Å². The van der Waals surface area contributed by atoms with Crippen LogP contribution >= 0.6 is 0 Å². The lowest BCUT2D eigenvalue weighted by molar-refractivity contribution is -0.0551. The summed E-state index contributed by atoms with van der Waals surface area (Å²) in [5.41, 5.74) is 4.72. The number of aliphatic hydroxyl groups is 3. The molecule has 5 N–H and O–H groups in total. The van der Waals surface area contributed by atoms with Crippen molar-refractivity contribution >= 4 is 5.82 Å². The summed E-state index contributed by atoms with van der Waals surface area (Å²) in [4.78, 5) is 15.2. The molecule has 4 atom stereocenters. The Hall–Kier alpha value is -1.68. The number of anilines is 1. The van der Waals surface area contributed by atoms with Crippen LogP contribution < -0.4 is 16.2 Å². The largest absolute Gasteiger partial charge is 0.491 e. The van der Waals surface area contributed by atoms with Crippen molar-refractivity contribution in [3.63, 3.8) is 0 Å². The highest BCUT2D eigenvalue weighted by molar-refractivity contribution is 5.43. The van der Waals surface area contributed by atoms with Gasteiger partial charge in [-0.3, -0.25) is 4.57 Å². The minimum absolute atomic E-state index is 0.0875. The summed E-state index contributed by atoms with van der Waals surface area (Å²) < 4.78 is 11.1. The van der Waals surface area contributed by atoms with E-state index >= 15 is 0 Å². The number of methoxy groups -OCH3 is 1. The van der Waals surface area contributed by atoms with E-state index in [9.17, 15) is 15.0 Å². The van der Waals surface area contributed by atoms with Crippen molar-refractivity contribution in [2.45, 2.75) is 24.5 Å². The molecular weight excluding hydrogens is 258 g/mol. The van der Waals surface area contributed by atoms with Gasteiger partial charge in [0, 0.05) is 0 Å². The average Bonchev–Trinajstić information content (AvgIpc) is 2.67. The molecule has 0 aliphatic carbocycles. The summed E-state index contributed by atoms with van der Waals surface area (Å²) in [6, 6.07) is 0. The Morgan fingerprint density at radius 1 is 1.53 bits per heavy atom. The number of nitrogen functional groups attached to an aromatic ring is 1. The molecule has 0 bridgehead atoms. The highest BCUT2D eigenvalue weighted by Gasteiger charge is 2.43. The molecule has 1 aliphatic heterocycles. The molecule has 0 spiro atoms. The zero-order valence-corrected chi connectivity index (χ0v) is 10.1. The van der Waals surface area contributed by atoms with Crippen LogP contribution in [0.5, 0.6) is 5.75 Å². The van der Waals surface area contributed by atoms with E-state index in [1.54, 1.807) is 0 Å². The third-order valence-corrected chi connectivity index (χ3v) is 2.96. The van der Waals surface area contributed by atoms with Crippen molar-refractivity contribution < 1.29 is 24.8 Å². The predicted octanol–water partition coefficient (Wildman–Crippen LogP) is -2.55. The summed E-state index contributed by atoms with van der Waals surface area (Å²) in [6.45, 7) is -0.483. The Balaban J connectivity index is 2.40. The predicted molar refractivity (Wildman–Crippen MR) is 62.5 cm³/mol. The maximum absolute atomic E-state index is 11.7. The lowest BCUT2D eigenvalue weighted by Crippen LogP contribution is -2.36. The number of nitrogens with zero attached hydrogens (tertiary/aromatic N) is 2. The zero-order chi connectivity index (χ0) is 14.2. The van der Waals surface area contributed by atoms with Crippen LogP contribution in [0.15, 0.2) is 11.0 Å². The minimum atomic E-state index is -1.37. The van der Waals surface area contributed by atoms with E-state index in [1.165, 1.54) is 13.3 Å². The first-order valence-electron chi connectivity index (χ1n) is 5.54. The Morgan fingerprint density at radius 2 is 2.21 bits per heavy atom. The van der Waals surface area contributed by atoms with Crippen LogP contribution in [-0.4, -0.2) is 56.9 Å². The third kappa shape index (κ3) is 2.28. The normalized spacial score (nSPS) is 30.5. The van der Waals surface area contributed by atoms with Crippen LogP contribution in [0.2, 0.25) is 0 Å². The van der Waals surface area contributed by atoms with Crippen molar-refractivity contribution in [2.24, 2.45) is 0 Å². The summed E-state index contributed by atoms with van der Waals surface area (Å²) in [5, 5.41) is 28.4. The van der Waals surface area contributed by atoms with Gasteiger partial charge >= 0.3 is 5.69 Å². The standard InChI is InChI=1S/C10H15N3O6/c1-18-4-2-13(10(17)12-8(4)11)9-7(16)6(15)5(3-14)19-9/h2,5-7,9,14-16H,3H2,1H3,(H2,11,12,17)/t5-,6+,7+,9-/m1/s1. The Labute approximate surface area is 107 Å². The average molecular weight is 273 g/mol. The van der Waals surface area contributed by atoms with Crippen LogP contribution in [-0.2, 0) is 4.74 Å². The monoisotopic (exact) mass is 273 g/mol. The first-order chi connectivity index (χ1) is 8.99. The summed E-state index contributed by atoms with van der Waals surface area (Å²) in [7, 11) is 1.35. The van der Waals surface area contributed by atoms with E-state index in [0.717, 1.165) is 4.57 Å². The molecule has 1 aliphatic rings. The van der Waals surface area contributed by atoms with Crippen molar-refractivity contribution in [3.05, 3.63) is 16.7 Å². The third-order valence-electron chi connectivity index (χ3n) is 2.96. The number of aliphatic hydroxyl groups excluding tert-OH is 3. The van der Waals surface area contributed by atoms with Gasteiger partial charge in [0.1, 0.15) is 18.3 Å². The quantitative estimate of drug-likeness (QED) is 0.471. The van der Waals surface area contributed by atoms with Gasteiger partial charge in [-0.1, -0.05) is 0 Å². The van der Waals surface area contributed by atoms with E-state index in [2.05, 4.69) is 4.98 Å². The van der Waals surface area contributed by atoms with Crippen molar-refractivity contribution in [3.8, 4) is 5.75 Å². The molecule has 0 amide bonds. The zero-order valence-electron chi connectivity index (χ0n) is 10.1. The first-order valence-corrected chi connectivity index (χ1v) is 5.54. The van der Waals surface area contributed by atoms with Crippen LogP contribution in [0.25, 0.3) is 0 Å². The highest BCUT2D eigenvalue weighted by atomic mass is 16.6. The molecule has 9 nitrogen and oxygen atoms in total. The van der Waals surface area contributed by atoms with Gasteiger partial charge in [0.2, 0.25) is 0 Å². The SMILES string of the molecule is COc1cn([C@@H]2O[C@H](CO)[C@H](O)[C@@H]2O)c(=O)nc1N. The molecule has 9 heteroatoms. The molecule has 0 aromatic carbocycles. The molecular formula is C10H15N3O6. The fourth-order valence-electron chi connectivity index (χ4n) is 1.91. The van der Waals surface area contributed by atoms with Gasteiger partial charge in [0.15, 0.2) is 17.8 Å². The van der Waals surface area contributed by atoms with Crippen molar-refractivity contribution in [1.29, 1.82) is 0 Å². The molecule has 2 rings (SSSR count). The fraction of sp³-hybridized carbons (Fsp3) is 0.600. The molecule has 1 saturated heterocycles. The second kappa shape index (κ2) is 5.13. The smallest absolute Gasteiger partial charge is 0.351 e. The van der Waals surface area contributed by atoms with Gasteiger partial charge < -0.3 is 30.5 Å². The number of nitrogens with two attached hydrogens (primary N) is 1.